The molecule has 3 aromatic rings. The number of carbonyl (C=O) groups excluding carboxylic acids is 1. The molecule has 8 heteroatoms. The fraction of sp³-hybridized carbons (Fsp3) is 0.263. The SMILES string of the molecule is C.C.CC(=O)c1cnc2ccc(Br)cn12.CN(C)C=Nc1ccc(Br)cn1. The minimum atomic E-state index is 0. The van der Waals surface area contributed by atoms with Gasteiger partial charge in [0.2, 0.25) is 0 Å². The summed E-state index contributed by atoms with van der Waals surface area (Å²) >= 11 is 6.64. The Morgan fingerprint density at radius 2 is 1.74 bits per heavy atom. The first kappa shape index (κ1) is 24.9. The van der Waals surface area contributed by atoms with E-state index in [4.69, 9.17) is 0 Å². The second kappa shape index (κ2) is 11.6. The topological polar surface area (TPSA) is 62.9 Å². The van der Waals surface area contributed by atoms with Crippen LogP contribution in [0.1, 0.15) is 32.3 Å². The Morgan fingerprint density at radius 3 is 2.30 bits per heavy atom. The van der Waals surface area contributed by atoms with E-state index in [9.17, 15) is 4.79 Å². The van der Waals surface area contributed by atoms with Gasteiger partial charge in [-0.15, -0.1) is 0 Å². The molecule has 0 saturated carbocycles. The largest absolute Gasteiger partial charge is 0.369 e. The summed E-state index contributed by atoms with van der Waals surface area (Å²) in [5, 5.41) is 0. The summed E-state index contributed by atoms with van der Waals surface area (Å²) in [6.45, 7) is 1.53. The van der Waals surface area contributed by atoms with Gasteiger partial charge in [-0.05, 0) is 56.1 Å². The summed E-state index contributed by atoms with van der Waals surface area (Å²) in [7, 11) is 3.84. The molecule has 0 spiro atoms. The van der Waals surface area contributed by atoms with Crippen LogP contribution in [0.25, 0.3) is 5.65 Å². The number of ketones is 1. The first-order chi connectivity index (χ1) is 11.9. The number of hydrogen-bond acceptors (Lipinski definition) is 4. The fourth-order valence-corrected chi connectivity index (χ4v) is 2.41. The molecule has 3 rings (SSSR count). The van der Waals surface area contributed by atoms with Crippen LogP contribution in [-0.4, -0.2) is 45.5 Å². The number of halogens is 2. The summed E-state index contributed by atoms with van der Waals surface area (Å²) in [6.07, 6.45) is 6.86. The highest BCUT2D eigenvalue weighted by Crippen LogP contribution is 2.14. The van der Waals surface area contributed by atoms with Gasteiger partial charge in [-0.3, -0.25) is 9.20 Å². The molecule has 0 aliphatic carbocycles. The van der Waals surface area contributed by atoms with Crippen molar-refractivity contribution in [2.75, 3.05) is 14.1 Å². The lowest BCUT2D eigenvalue weighted by molar-refractivity contribution is 0.101. The molecule has 0 aromatic carbocycles. The molecule has 6 nitrogen and oxygen atoms in total. The Kier molecular flexibility index (Phi) is 10.7. The van der Waals surface area contributed by atoms with E-state index in [2.05, 4.69) is 46.8 Å². The Labute approximate surface area is 177 Å². The number of imidazole rings is 1. The van der Waals surface area contributed by atoms with Crippen molar-refractivity contribution in [2.45, 2.75) is 21.8 Å². The number of aliphatic imine (C=N–C) groups is 1. The molecule has 27 heavy (non-hydrogen) atoms. The van der Waals surface area contributed by atoms with E-state index >= 15 is 0 Å². The van der Waals surface area contributed by atoms with Crippen molar-refractivity contribution >= 4 is 55.4 Å². The highest BCUT2D eigenvalue weighted by molar-refractivity contribution is 9.10. The zero-order valence-corrected chi connectivity index (χ0v) is 17.2. The molecule has 0 aliphatic heterocycles. The van der Waals surface area contributed by atoms with Crippen LogP contribution in [0.3, 0.4) is 0 Å². The molecule has 0 atom stereocenters. The van der Waals surface area contributed by atoms with Gasteiger partial charge in [0, 0.05) is 42.4 Å². The summed E-state index contributed by atoms with van der Waals surface area (Å²) in [5.74, 6) is 0.734. The van der Waals surface area contributed by atoms with E-state index in [1.807, 2.05) is 49.5 Å². The van der Waals surface area contributed by atoms with Crippen LogP contribution in [0.5, 0.6) is 0 Å². The second-order valence-corrected chi connectivity index (χ2v) is 7.15. The van der Waals surface area contributed by atoms with Gasteiger partial charge in [0.1, 0.15) is 11.3 Å². The van der Waals surface area contributed by atoms with Crippen LogP contribution >= 0.6 is 31.9 Å². The fourth-order valence-electron chi connectivity index (χ4n) is 1.83. The Bertz CT molecular complexity index is 889. The van der Waals surface area contributed by atoms with E-state index in [1.165, 1.54) is 6.92 Å². The monoisotopic (exact) mass is 497 g/mol. The lowest BCUT2D eigenvalue weighted by atomic mass is 10.3. The molecule has 0 fully saturated rings. The zero-order chi connectivity index (χ0) is 18.4. The Balaban J connectivity index is 0.000000468. The van der Waals surface area contributed by atoms with E-state index in [0.29, 0.717) is 11.5 Å². The maximum absolute atomic E-state index is 11.2. The van der Waals surface area contributed by atoms with Crippen LogP contribution in [-0.2, 0) is 0 Å². The average Bonchev–Trinajstić information content (AvgIpc) is 2.98. The number of fused-ring (bicyclic) bond motifs is 1. The Hall–Kier alpha value is -2.06. The van der Waals surface area contributed by atoms with Gasteiger partial charge in [0.05, 0.1) is 12.5 Å². The minimum absolute atomic E-state index is 0. The molecule has 0 N–H and O–H groups in total. The first-order valence-electron chi connectivity index (χ1n) is 7.32. The van der Waals surface area contributed by atoms with Crippen molar-refractivity contribution in [1.29, 1.82) is 0 Å². The van der Waals surface area contributed by atoms with Gasteiger partial charge in [0.25, 0.3) is 0 Å². The number of pyridine rings is 2. The van der Waals surface area contributed by atoms with Crippen LogP contribution in [0.15, 0.2) is 56.8 Å². The van der Waals surface area contributed by atoms with Gasteiger partial charge >= 0.3 is 0 Å². The van der Waals surface area contributed by atoms with Crippen molar-refractivity contribution in [3.8, 4) is 0 Å². The van der Waals surface area contributed by atoms with E-state index in [0.717, 1.165) is 14.6 Å². The normalized spacial score (nSPS) is 9.81. The van der Waals surface area contributed by atoms with Crippen molar-refractivity contribution < 1.29 is 4.79 Å². The summed E-state index contributed by atoms with van der Waals surface area (Å²) in [5.41, 5.74) is 1.39. The summed E-state index contributed by atoms with van der Waals surface area (Å²) in [6, 6.07) is 7.52. The van der Waals surface area contributed by atoms with Crippen LogP contribution in [0.4, 0.5) is 5.82 Å². The summed E-state index contributed by atoms with van der Waals surface area (Å²) < 4.78 is 3.67. The highest BCUT2D eigenvalue weighted by Gasteiger charge is 2.06. The van der Waals surface area contributed by atoms with Gasteiger partial charge in [-0.25, -0.2) is 15.0 Å². The van der Waals surface area contributed by atoms with Crippen molar-refractivity contribution in [1.82, 2.24) is 19.3 Å². The molecule has 146 valence electrons. The maximum Gasteiger partial charge on any atom is 0.178 e. The van der Waals surface area contributed by atoms with Crippen LogP contribution in [0.2, 0.25) is 0 Å². The number of carbonyl (C=O) groups is 1. The number of Topliss-reactive ketones (excluding diaryl/α,β-unsaturated/α-hetero) is 1. The third kappa shape index (κ3) is 7.60. The average molecular weight is 499 g/mol. The van der Waals surface area contributed by atoms with Gasteiger partial charge in [0.15, 0.2) is 11.6 Å². The number of hydrogen-bond donors (Lipinski definition) is 0. The van der Waals surface area contributed by atoms with Crippen LogP contribution in [0, 0.1) is 0 Å². The Morgan fingerprint density at radius 1 is 1.07 bits per heavy atom. The van der Waals surface area contributed by atoms with Gasteiger partial charge in [-0.1, -0.05) is 14.9 Å². The molecule has 0 saturated heterocycles. The highest BCUT2D eigenvalue weighted by atomic mass is 79.9. The molecular weight excluding hydrogens is 474 g/mol. The number of nitrogens with zero attached hydrogens (tertiary/aromatic N) is 5. The third-order valence-corrected chi connectivity index (χ3v) is 3.90. The van der Waals surface area contributed by atoms with E-state index in [-0.39, 0.29) is 20.6 Å². The zero-order valence-electron chi connectivity index (χ0n) is 14.0. The van der Waals surface area contributed by atoms with Gasteiger partial charge < -0.3 is 4.90 Å². The molecule has 0 bridgehead atoms. The molecule has 0 amide bonds. The molecule has 0 radical (unpaired) electrons. The van der Waals surface area contributed by atoms with Crippen LogP contribution < -0.4 is 0 Å². The van der Waals surface area contributed by atoms with E-state index < -0.39 is 0 Å². The molecule has 3 aromatic heterocycles. The smallest absolute Gasteiger partial charge is 0.178 e. The van der Waals surface area contributed by atoms with E-state index in [1.54, 1.807) is 23.1 Å². The maximum atomic E-state index is 11.2. The third-order valence-electron chi connectivity index (χ3n) is 2.96. The quantitative estimate of drug-likeness (QED) is 0.266. The molecule has 0 aliphatic rings. The van der Waals surface area contributed by atoms with Crippen molar-refractivity contribution in [2.24, 2.45) is 4.99 Å². The predicted molar refractivity (Wildman–Crippen MR) is 120 cm³/mol. The lowest BCUT2D eigenvalue weighted by Crippen LogP contribution is -2.07. The van der Waals surface area contributed by atoms with Crippen molar-refractivity contribution in [3.05, 3.63) is 57.5 Å². The summed E-state index contributed by atoms with van der Waals surface area (Å²) in [4.78, 5) is 25.3. The predicted octanol–water partition coefficient (Wildman–Crippen LogP) is 5.64. The lowest BCUT2D eigenvalue weighted by Gasteiger charge is -2.01. The molecule has 3 heterocycles. The minimum Gasteiger partial charge on any atom is -0.369 e. The van der Waals surface area contributed by atoms with Crippen molar-refractivity contribution in [3.63, 3.8) is 0 Å². The molecule has 0 unspecified atom stereocenters. The first-order valence-corrected chi connectivity index (χ1v) is 8.91. The number of rotatable bonds is 3. The molecular formula is C19H25Br2N5O. The number of aromatic nitrogens is 3. The standard InChI is InChI=1S/C9H7BrN2O.C8H10BrN3.2CH4/c1-6(13)8-4-11-9-3-2-7(10)5-12(8)9;1-12(2)6-11-8-4-3-7(9)5-10-8;;/h2-5H,1H3;3-6H,1-2H3;2*1H4. The van der Waals surface area contributed by atoms with Gasteiger partial charge in [-0.2, -0.15) is 0 Å². The second-order valence-electron chi connectivity index (χ2n) is 5.32.